The monoisotopic (exact) mass is 578 g/mol. The Morgan fingerprint density at radius 2 is 0.909 bits per heavy atom. The van der Waals surface area contributed by atoms with Gasteiger partial charge in [-0.25, -0.2) is 0 Å². The van der Waals surface area contributed by atoms with E-state index < -0.39 is 6.15 Å². The number of benzene rings is 5. The number of nitrogens with zero attached hydrogens (tertiary/aromatic N) is 3. The maximum atomic E-state index is 4.55. The topological polar surface area (TPSA) is 32.4 Å². The fourth-order valence-electron chi connectivity index (χ4n) is 6.32. The number of quaternary nitrogens is 1. The maximum absolute atomic E-state index is 4.55. The second kappa shape index (κ2) is 14.6. The van der Waals surface area contributed by atoms with Gasteiger partial charge in [0.05, 0.1) is 17.9 Å². The molecule has 1 N–H and O–H groups in total. The van der Waals surface area contributed by atoms with Crippen LogP contribution in [0.2, 0.25) is 0 Å². The molecule has 5 aromatic rings. The highest BCUT2D eigenvalue weighted by Crippen LogP contribution is 2.14. The predicted molar refractivity (Wildman–Crippen MR) is 187 cm³/mol. The Hall–Kier alpha value is -4.74. The Morgan fingerprint density at radius 1 is 0.545 bits per heavy atom. The molecule has 222 valence electrons. The van der Waals surface area contributed by atoms with Gasteiger partial charge in [0.2, 0.25) is 0 Å². The van der Waals surface area contributed by atoms with Crippen molar-refractivity contribution in [2.24, 2.45) is 10.2 Å². The van der Waals surface area contributed by atoms with Gasteiger partial charge in [0.25, 0.3) is 6.29 Å². The van der Waals surface area contributed by atoms with Crippen LogP contribution in [0.4, 0.5) is 5.69 Å². The van der Waals surface area contributed by atoms with E-state index in [9.17, 15) is 0 Å². The van der Waals surface area contributed by atoms with Crippen molar-refractivity contribution in [2.45, 2.75) is 46.1 Å². The number of hydrogen-bond donors (Lipinski definition) is 1. The van der Waals surface area contributed by atoms with Crippen molar-refractivity contribution < 1.29 is 4.90 Å². The Bertz CT molecular complexity index is 1420. The number of nitrogens with one attached hydrogen (secondary N) is 1. The third-order valence-electron chi connectivity index (χ3n) is 8.52. The van der Waals surface area contributed by atoms with E-state index in [4.69, 9.17) is 0 Å². The maximum Gasteiger partial charge on any atom is 0.285 e. The minimum absolute atomic E-state index is 0.0419. The molecule has 0 saturated heterocycles. The summed E-state index contributed by atoms with van der Waals surface area (Å²) in [6, 6.07) is 54.3. The van der Waals surface area contributed by atoms with Crippen molar-refractivity contribution in [2.75, 3.05) is 0 Å². The quantitative estimate of drug-likeness (QED) is 0.189. The smallest absolute Gasteiger partial charge is 0.285 e. The van der Waals surface area contributed by atoms with Crippen molar-refractivity contribution in [3.05, 3.63) is 164 Å². The summed E-state index contributed by atoms with van der Waals surface area (Å²) in [4.78, 5) is 3.58. The molecule has 0 spiro atoms. The standard InChI is InChI=1S/C24H20B.C15H22N4/c1-5-13-21(14-6-1)25(22-15-7-2-8-16-22,23-17-9-3-10-18-23)24-19-11-4-12-20-24;1-12(2)18-10-11-19(13(3)4)15(18)17-16-14-8-6-5-7-9-14/h1-20H;5-13,15H,1-4H3/q-1;/p+1/b;17-16+. The number of rotatable bonds is 8. The van der Waals surface area contributed by atoms with E-state index in [0.717, 1.165) is 5.69 Å². The molecule has 0 aliphatic carbocycles. The SMILES string of the molecule is CC(C)N1C=C[NH+](C(C)C)C1/N=N/c1ccccc1.c1ccc([B-](c2ccccc2)(c2ccccc2)c2ccccc2)cc1. The molecule has 44 heavy (non-hydrogen) atoms. The van der Waals surface area contributed by atoms with Gasteiger partial charge >= 0.3 is 0 Å². The molecule has 1 heterocycles. The summed E-state index contributed by atoms with van der Waals surface area (Å²) in [6.45, 7) is 8.76. The first-order valence-corrected chi connectivity index (χ1v) is 15.7. The molecule has 6 rings (SSSR count). The summed E-state index contributed by atoms with van der Waals surface area (Å²) in [5.74, 6) is 0. The lowest BCUT2D eigenvalue weighted by molar-refractivity contribution is -0.899. The van der Waals surface area contributed by atoms with Crippen LogP contribution in [0.15, 0.2) is 174 Å². The molecular weight excluding hydrogens is 535 g/mol. The normalized spacial score (nSPS) is 16.4. The summed E-state index contributed by atoms with van der Waals surface area (Å²) >= 11 is 0. The molecule has 0 amide bonds. The van der Waals surface area contributed by atoms with Crippen LogP contribution >= 0.6 is 0 Å². The van der Waals surface area contributed by atoms with Gasteiger partial charge in [-0.3, -0.25) is 4.90 Å². The van der Waals surface area contributed by atoms with Crippen molar-refractivity contribution in [1.29, 1.82) is 0 Å². The van der Waals surface area contributed by atoms with Gasteiger partial charge in [0.15, 0.2) is 0 Å². The summed E-state index contributed by atoms with van der Waals surface area (Å²) < 4.78 is 0. The van der Waals surface area contributed by atoms with Crippen LogP contribution in [0.3, 0.4) is 0 Å². The van der Waals surface area contributed by atoms with Gasteiger partial charge in [-0.2, -0.15) is 21.9 Å². The predicted octanol–water partition coefficient (Wildman–Crippen LogP) is 5.61. The van der Waals surface area contributed by atoms with Crippen molar-refractivity contribution in [3.63, 3.8) is 0 Å². The number of hydrogen-bond acceptors (Lipinski definition) is 3. The van der Waals surface area contributed by atoms with E-state index in [1.54, 1.807) is 0 Å². The van der Waals surface area contributed by atoms with Crippen LogP contribution in [0.1, 0.15) is 27.7 Å². The second-order valence-corrected chi connectivity index (χ2v) is 11.9. The first-order chi connectivity index (χ1) is 21.5. The van der Waals surface area contributed by atoms with E-state index in [2.05, 4.69) is 177 Å². The fourth-order valence-corrected chi connectivity index (χ4v) is 6.32. The van der Waals surface area contributed by atoms with E-state index in [1.165, 1.54) is 26.8 Å². The number of azo groups is 1. The summed E-state index contributed by atoms with van der Waals surface area (Å²) in [6.07, 6.45) is 3.14. The summed E-state index contributed by atoms with van der Waals surface area (Å²) in [5.41, 5.74) is 6.26. The van der Waals surface area contributed by atoms with E-state index in [1.807, 2.05) is 30.3 Å². The third kappa shape index (κ3) is 6.74. The zero-order valence-corrected chi connectivity index (χ0v) is 26.2. The molecule has 2 atom stereocenters. The summed E-state index contributed by atoms with van der Waals surface area (Å²) in [5, 5.41) is 8.93. The van der Waals surface area contributed by atoms with Gasteiger partial charge in [0.1, 0.15) is 12.3 Å². The fraction of sp³-hybridized carbons (Fsp3) is 0.179. The lowest BCUT2D eigenvalue weighted by Gasteiger charge is -2.44. The third-order valence-corrected chi connectivity index (χ3v) is 8.52. The Morgan fingerprint density at radius 3 is 1.25 bits per heavy atom. The molecule has 0 saturated carbocycles. The first kappa shape index (κ1) is 30.7. The molecule has 2 unspecified atom stereocenters. The Labute approximate surface area is 263 Å². The van der Waals surface area contributed by atoms with Gasteiger partial charge in [0, 0.05) is 6.04 Å². The average Bonchev–Trinajstić information content (AvgIpc) is 3.52. The van der Waals surface area contributed by atoms with Crippen LogP contribution in [-0.2, 0) is 0 Å². The van der Waals surface area contributed by atoms with Crippen LogP contribution in [0, 0.1) is 0 Å². The minimum Gasteiger partial charge on any atom is -0.301 e. The highest BCUT2D eigenvalue weighted by atomic mass is 15.5. The zero-order chi connectivity index (χ0) is 30.8. The molecule has 5 heteroatoms. The largest absolute Gasteiger partial charge is 0.301 e. The molecule has 0 fully saturated rings. The van der Waals surface area contributed by atoms with E-state index >= 15 is 0 Å². The van der Waals surface area contributed by atoms with Crippen LogP contribution in [0.25, 0.3) is 0 Å². The van der Waals surface area contributed by atoms with Gasteiger partial charge in [-0.05, 0) is 39.8 Å². The average molecular weight is 579 g/mol. The van der Waals surface area contributed by atoms with Crippen LogP contribution in [0.5, 0.6) is 0 Å². The molecule has 0 radical (unpaired) electrons. The molecule has 0 bridgehead atoms. The first-order valence-electron chi connectivity index (χ1n) is 15.7. The van der Waals surface area contributed by atoms with Gasteiger partial charge < -0.3 is 4.90 Å². The molecule has 1 aliphatic rings. The Kier molecular flexibility index (Phi) is 10.2. The second-order valence-electron chi connectivity index (χ2n) is 11.9. The molecule has 5 aromatic carbocycles. The lowest BCUT2D eigenvalue weighted by atomic mass is 9.13. The Balaban J connectivity index is 0.000000182. The van der Waals surface area contributed by atoms with E-state index in [0.29, 0.717) is 12.1 Å². The molecule has 4 nitrogen and oxygen atoms in total. The van der Waals surface area contributed by atoms with Gasteiger partial charge in [-0.15, -0.1) is 10.2 Å². The highest BCUT2D eigenvalue weighted by Gasteiger charge is 2.34. The zero-order valence-electron chi connectivity index (χ0n) is 26.2. The minimum atomic E-state index is -1.22. The van der Waals surface area contributed by atoms with Crippen molar-refractivity contribution >= 4 is 33.7 Å². The van der Waals surface area contributed by atoms with Crippen LogP contribution < -0.4 is 26.8 Å². The van der Waals surface area contributed by atoms with Gasteiger partial charge in [-0.1, -0.05) is 140 Å². The summed E-state index contributed by atoms with van der Waals surface area (Å²) in [7, 11) is 0. The van der Waals surface area contributed by atoms with Crippen molar-refractivity contribution in [3.8, 4) is 0 Å². The molecule has 0 aromatic heterocycles. The highest BCUT2D eigenvalue weighted by molar-refractivity contribution is 7.19. The molecule has 1 aliphatic heterocycles. The van der Waals surface area contributed by atoms with E-state index in [-0.39, 0.29) is 6.29 Å². The van der Waals surface area contributed by atoms with Crippen LogP contribution in [-0.4, -0.2) is 29.4 Å². The lowest BCUT2D eigenvalue weighted by Crippen LogP contribution is -3.14. The molecular formula is C39H43BN4. The van der Waals surface area contributed by atoms with Crippen molar-refractivity contribution in [1.82, 2.24) is 4.90 Å².